The van der Waals surface area contributed by atoms with Gasteiger partial charge in [-0.1, -0.05) is 13.8 Å². The molecule has 11 nitrogen and oxygen atoms in total. The first-order valence-electron chi connectivity index (χ1n) is 8.53. The molecule has 0 saturated heterocycles. The van der Waals surface area contributed by atoms with Crippen molar-refractivity contribution < 1.29 is 34.2 Å². The molecule has 0 fully saturated rings. The van der Waals surface area contributed by atoms with Crippen LogP contribution in [0.4, 0.5) is 0 Å². The summed E-state index contributed by atoms with van der Waals surface area (Å²) in [7, 11) is 0. The van der Waals surface area contributed by atoms with Crippen LogP contribution >= 0.6 is 0 Å². The molecule has 0 heterocycles. The van der Waals surface area contributed by atoms with E-state index in [-0.39, 0.29) is 31.6 Å². The van der Waals surface area contributed by atoms with E-state index < -0.39 is 54.2 Å². The Hall–Kier alpha value is -2.69. The summed E-state index contributed by atoms with van der Waals surface area (Å²) in [5, 5.41) is 22.5. The molecule has 0 aliphatic heterocycles. The number of primary amides is 1. The van der Waals surface area contributed by atoms with Gasteiger partial charge in [0.1, 0.15) is 12.1 Å². The molecule has 3 amide bonds. The highest BCUT2D eigenvalue weighted by molar-refractivity contribution is 5.92. The van der Waals surface area contributed by atoms with E-state index in [2.05, 4.69) is 10.6 Å². The lowest BCUT2D eigenvalue weighted by Gasteiger charge is -2.24. The van der Waals surface area contributed by atoms with Gasteiger partial charge in [-0.15, -0.1) is 0 Å². The Morgan fingerprint density at radius 2 is 1.44 bits per heavy atom. The van der Waals surface area contributed by atoms with Gasteiger partial charge < -0.3 is 32.3 Å². The lowest BCUT2D eigenvalue weighted by molar-refractivity contribution is -0.143. The maximum atomic E-state index is 12.4. The van der Waals surface area contributed by atoms with E-state index in [4.69, 9.17) is 21.7 Å². The highest BCUT2D eigenvalue weighted by atomic mass is 16.4. The van der Waals surface area contributed by atoms with Gasteiger partial charge >= 0.3 is 11.9 Å². The quantitative estimate of drug-likeness (QED) is 0.220. The van der Waals surface area contributed by atoms with Crippen LogP contribution in [-0.4, -0.2) is 58.0 Å². The van der Waals surface area contributed by atoms with Crippen molar-refractivity contribution in [2.75, 3.05) is 0 Å². The zero-order valence-electron chi connectivity index (χ0n) is 15.4. The summed E-state index contributed by atoms with van der Waals surface area (Å²) in [4.78, 5) is 57.1. The smallest absolute Gasteiger partial charge is 0.326 e. The van der Waals surface area contributed by atoms with Gasteiger partial charge in [0.15, 0.2) is 0 Å². The van der Waals surface area contributed by atoms with Gasteiger partial charge in [-0.3, -0.25) is 19.2 Å². The average molecular weight is 388 g/mol. The number of carbonyl (C=O) groups excluding carboxylic acids is 3. The summed E-state index contributed by atoms with van der Waals surface area (Å²) in [5.41, 5.74) is 10.7. The van der Waals surface area contributed by atoms with Gasteiger partial charge in [0.2, 0.25) is 17.7 Å². The molecule has 154 valence electrons. The van der Waals surface area contributed by atoms with Gasteiger partial charge in [-0.2, -0.15) is 0 Å². The number of hydrogen-bond donors (Lipinski definition) is 6. The number of rotatable bonds is 13. The van der Waals surface area contributed by atoms with Gasteiger partial charge in [0, 0.05) is 12.8 Å². The van der Waals surface area contributed by atoms with Gasteiger partial charge in [-0.25, -0.2) is 4.79 Å². The second-order valence-corrected chi connectivity index (χ2v) is 6.63. The molecule has 11 heteroatoms. The third-order valence-electron chi connectivity index (χ3n) is 3.64. The second-order valence-electron chi connectivity index (χ2n) is 6.63. The fourth-order valence-corrected chi connectivity index (χ4v) is 2.21. The molecular weight excluding hydrogens is 360 g/mol. The van der Waals surface area contributed by atoms with Crippen molar-refractivity contribution in [2.24, 2.45) is 17.4 Å². The molecule has 0 aromatic rings. The standard InChI is InChI=1S/C16H28N4O7/c1-8(2)7-11(20-14(24)9(17)3-5-12(18)21)15(25)19-10(16(26)27)4-6-13(22)23/h8-11H,3-7,17H2,1-2H3,(H2,18,21)(H,19,25)(H,20,24)(H,22,23)(H,26,27). The Morgan fingerprint density at radius 3 is 1.89 bits per heavy atom. The van der Waals surface area contributed by atoms with E-state index in [1.165, 1.54) is 0 Å². The van der Waals surface area contributed by atoms with E-state index >= 15 is 0 Å². The first-order chi connectivity index (χ1) is 12.4. The molecule has 3 unspecified atom stereocenters. The van der Waals surface area contributed by atoms with Crippen LogP contribution in [0.3, 0.4) is 0 Å². The summed E-state index contributed by atoms with van der Waals surface area (Å²) in [6.07, 6.45) is -0.599. The minimum Gasteiger partial charge on any atom is -0.481 e. The SMILES string of the molecule is CC(C)CC(NC(=O)C(N)CCC(N)=O)C(=O)NC(CCC(=O)O)C(=O)O. The number of carbonyl (C=O) groups is 5. The number of carboxylic acid groups (broad SMARTS) is 2. The predicted molar refractivity (Wildman–Crippen MR) is 94.2 cm³/mol. The zero-order chi connectivity index (χ0) is 21.1. The van der Waals surface area contributed by atoms with Crippen molar-refractivity contribution in [2.45, 2.75) is 64.1 Å². The van der Waals surface area contributed by atoms with Crippen molar-refractivity contribution in [3.05, 3.63) is 0 Å². The number of aliphatic carboxylic acids is 2. The minimum absolute atomic E-state index is 0.00749. The molecule has 0 radical (unpaired) electrons. The van der Waals surface area contributed by atoms with Crippen LogP contribution in [-0.2, 0) is 24.0 Å². The van der Waals surface area contributed by atoms with Crippen LogP contribution in [0.2, 0.25) is 0 Å². The Labute approximate surface area is 156 Å². The number of carboxylic acids is 2. The Morgan fingerprint density at radius 1 is 0.889 bits per heavy atom. The molecule has 8 N–H and O–H groups in total. The molecule has 0 aromatic carbocycles. The van der Waals surface area contributed by atoms with Crippen LogP contribution < -0.4 is 22.1 Å². The molecule has 0 bridgehead atoms. The summed E-state index contributed by atoms with van der Waals surface area (Å²) >= 11 is 0. The first-order valence-corrected chi connectivity index (χ1v) is 8.53. The maximum absolute atomic E-state index is 12.4. The van der Waals surface area contributed by atoms with Crippen molar-refractivity contribution in [3.8, 4) is 0 Å². The maximum Gasteiger partial charge on any atom is 0.326 e. The van der Waals surface area contributed by atoms with Gasteiger partial charge in [-0.05, 0) is 25.2 Å². The van der Waals surface area contributed by atoms with E-state index in [9.17, 15) is 24.0 Å². The lowest BCUT2D eigenvalue weighted by Crippen LogP contribution is -2.54. The predicted octanol–water partition coefficient (Wildman–Crippen LogP) is -1.46. The molecule has 0 aliphatic rings. The summed E-state index contributed by atoms with van der Waals surface area (Å²) in [6, 6.07) is -3.50. The van der Waals surface area contributed by atoms with Crippen LogP contribution in [0.5, 0.6) is 0 Å². The van der Waals surface area contributed by atoms with Crippen LogP contribution in [0, 0.1) is 5.92 Å². The van der Waals surface area contributed by atoms with Crippen molar-refractivity contribution in [3.63, 3.8) is 0 Å². The Kier molecular flexibility index (Phi) is 10.7. The van der Waals surface area contributed by atoms with Gasteiger partial charge in [0.25, 0.3) is 0 Å². The lowest BCUT2D eigenvalue weighted by atomic mass is 10.0. The molecule has 0 rings (SSSR count). The second kappa shape index (κ2) is 11.8. The molecule has 3 atom stereocenters. The van der Waals surface area contributed by atoms with E-state index in [1.807, 2.05) is 0 Å². The Bertz CT molecular complexity index is 565. The van der Waals surface area contributed by atoms with Crippen molar-refractivity contribution in [1.29, 1.82) is 0 Å². The van der Waals surface area contributed by atoms with Crippen molar-refractivity contribution in [1.82, 2.24) is 10.6 Å². The van der Waals surface area contributed by atoms with Crippen LogP contribution in [0.25, 0.3) is 0 Å². The summed E-state index contributed by atoms with van der Waals surface area (Å²) < 4.78 is 0. The number of hydrogen-bond acceptors (Lipinski definition) is 6. The largest absolute Gasteiger partial charge is 0.481 e. The Balaban J connectivity index is 5.01. The third-order valence-corrected chi connectivity index (χ3v) is 3.64. The monoisotopic (exact) mass is 388 g/mol. The fraction of sp³-hybridized carbons (Fsp3) is 0.688. The fourth-order valence-electron chi connectivity index (χ4n) is 2.21. The molecular formula is C16H28N4O7. The molecule has 0 aromatic heterocycles. The molecule has 0 saturated carbocycles. The van der Waals surface area contributed by atoms with Crippen LogP contribution in [0.15, 0.2) is 0 Å². The summed E-state index contributed by atoms with van der Waals surface area (Å²) in [5.74, 6) is -4.62. The summed E-state index contributed by atoms with van der Waals surface area (Å²) in [6.45, 7) is 3.61. The van der Waals surface area contributed by atoms with E-state index in [0.29, 0.717) is 0 Å². The highest BCUT2D eigenvalue weighted by Gasteiger charge is 2.28. The van der Waals surface area contributed by atoms with E-state index in [1.54, 1.807) is 13.8 Å². The first kappa shape index (κ1) is 24.3. The highest BCUT2D eigenvalue weighted by Crippen LogP contribution is 2.08. The number of nitrogens with one attached hydrogen (secondary N) is 2. The third kappa shape index (κ3) is 10.8. The number of amides is 3. The van der Waals surface area contributed by atoms with Crippen molar-refractivity contribution >= 4 is 29.7 Å². The minimum atomic E-state index is -1.40. The van der Waals surface area contributed by atoms with Gasteiger partial charge in [0.05, 0.1) is 6.04 Å². The average Bonchev–Trinajstić information content (AvgIpc) is 2.54. The van der Waals surface area contributed by atoms with E-state index in [0.717, 1.165) is 0 Å². The van der Waals surface area contributed by atoms with Crippen LogP contribution in [0.1, 0.15) is 46.0 Å². The normalized spacial score (nSPS) is 14.1. The zero-order valence-corrected chi connectivity index (χ0v) is 15.4. The molecule has 0 spiro atoms. The molecule has 27 heavy (non-hydrogen) atoms. The molecule has 0 aliphatic carbocycles. The topological polar surface area (TPSA) is 202 Å². The number of nitrogens with two attached hydrogens (primary N) is 2.